The second-order valence-corrected chi connectivity index (χ2v) is 17.4. The first-order chi connectivity index (χ1) is 29.6. The zero-order valence-corrected chi connectivity index (χ0v) is 36.5. The van der Waals surface area contributed by atoms with Crippen LogP contribution in [-0.4, -0.2) is 161 Å². The molecule has 2 aromatic rings. The van der Waals surface area contributed by atoms with Gasteiger partial charge in [0.05, 0.1) is 50.6 Å². The fraction of sp³-hybridized carbons (Fsp3) is 0.652. The van der Waals surface area contributed by atoms with Gasteiger partial charge in [-0.25, -0.2) is 0 Å². The molecule has 61 heavy (non-hydrogen) atoms. The molecule has 4 aliphatic heterocycles. The second kappa shape index (κ2) is 23.5. The zero-order valence-electron chi connectivity index (χ0n) is 36.5. The van der Waals surface area contributed by atoms with Gasteiger partial charge in [-0.05, 0) is 113 Å². The molecular formula is C46H70N8O7. The molecule has 0 aromatic heterocycles. The van der Waals surface area contributed by atoms with Crippen molar-refractivity contribution in [1.82, 2.24) is 30.2 Å². The number of carbonyl (C=O) groups is 4. The molecule has 6 rings (SSSR count). The predicted molar refractivity (Wildman–Crippen MR) is 235 cm³/mol. The molecule has 6 N–H and O–H groups in total. The van der Waals surface area contributed by atoms with Crippen molar-refractivity contribution < 1.29 is 33.4 Å². The van der Waals surface area contributed by atoms with Crippen LogP contribution in [0.2, 0.25) is 0 Å². The molecule has 0 bridgehead atoms. The van der Waals surface area contributed by atoms with Gasteiger partial charge in [0.15, 0.2) is 11.6 Å². The Labute approximate surface area is 362 Å². The quantitative estimate of drug-likeness (QED) is 0.100. The van der Waals surface area contributed by atoms with E-state index in [4.69, 9.17) is 25.7 Å². The number of Topliss-reactive ketones (excluding diaryl/α,β-unsaturated/α-hetero) is 2. The molecule has 0 atom stereocenters. The number of methoxy groups -OCH3 is 2. The third-order valence-corrected chi connectivity index (χ3v) is 13.2. The van der Waals surface area contributed by atoms with Gasteiger partial charge in [-0.1, -0.05) is 12.1 Å². The van der Waals surface area contributed by atoms with E-state index in [1.807, 2.05) is 36.4 Å². The maximum atomic E-state index is 13.1. The van der Waals surface area contributed by atoms with E-state index in [2.05, 4.69) is 30.2 Å². The van der Waals surface area contributed by atoms with E-state index in [1.54, 1.807) is 14.2 Å². The monoisotopic (exact) mass is 847 g/mol. The average molecular weight is 847 g/mol. The minimum absolute atomic E-state index is 0.0157. The smallest absolute Gasteiger partial charge is 0.220 e. The number of ketones is 2. The highest BCUT2D eigenvalue weighted by Gasteiger charge is 2.27. The molecule has 0 radical (unpaired) electrons. The van der Waals surface area contributed by atoms with Gasteiger partial charge in [0.25, 0.3) is 0 Å². The molecule has 0 saturated carbocycles. The molecular weight excluding hydrogens is 777 g/mol. The standard InChI is InChI=1S/C46H70N8O7/c1-59-43-27-33(31-53-17-7-35(8-18-53)45(47)57)3-5-39(43)41(55)29-49-15-25-51-21-11-37(12-22-51)61-38-13-23-52(24-14-38)26-16-50-30-42(56)40-6-4-34(28-44(40)60-2)32-54-19-9-36(10-20-54)46(48)58/h3-6,27-28,35-38,49-50H,7-26,29-32H2,1-2H3,(H2,47,57)(H2,48,58). The van der Waals surface area contributed by atoms with E-state index >= 15 is 0 Å². The minimum Gasteiger partial charge on any atom is -0.496 e. The SMILES string of the molecule is COc1cc(CN2CCC(C(N)=O)CC2)ccc1C(=O)CNCCN1CCC(OC2CCN(CCNCC(=O)c3ccc(CN4CCC(C(N)=O)CC4)cc3OC)CC2)CC1. The Hall–Kier alpha value is -3.96. The first-order valence-corrected chi connectivity index (χ1v) is 22.5. The van der Waals surface area contributed by atoms with Crippen molar-refractivity contribution in [1.29, 1.82) is 0 Å². The van der Waals surface area contributed by atoms with Crippen LogP contribution in [0.1, 0.15) is 83.2 Å². The van der Waals surface area contributed by atoms with Crippen molar-refractivity contribution in [3.05, 3.63) is 58.7 Å². The Bertz CT molecular complexity index is 1620. The molecule has 15 heteroatoms. The maximum absolute atomic E-state index is 13.1. The van der Waals surface area contributed by atoms with E-state index in [1.165, 1.54) is 0 Å². The lowest BCUT2D eigenvalue weighted by Crippen LogP contribution is -2.44. The van der Waals surface area contributed by atoms with Crippen LogP contribution in [0, 0.1) is 11.8 Å². The Balaban J connectivity index is 0.797. The maximum Gasteiger partial charge on any atom is 0.220 e. The van der Waals surface area contributed by atoms with Gasteiger partial charge >= 0.3 is 0 Å². The Morgan fingerprint density at radius 2 is 0.918 bits per heavy atom. The number of nitrogens with one attached hydrogen (secondary N) is 2. The van der Waals surface area contributed by atoms with E-state index in [0.29, 0.717) is 34.8 Å². The lowest BCUT2D eigenvalue weighted by Gasteiger charge is -2.37. The number of ether oxygens (including phenoxy) is 3. The normalized spacial score (nSPS) is 19.8. The van der Waals surface area contributed by atoms with Crippen LogP contribution in [0.15, 0.2) is 36.4 Å². The molecule has 0 spiro atoms. The molecule has 15 nitrogen and oxygen atoms in total. The molecule has 4 heterocycles. The molecule has 2 aromatic carbocycles. The zero-order chi connectivity index (χ0) is 43.1. The number of nitrogens with two attached hydrogens (primary N) is 2. The first kappa shape index (κ1) is 46.5. The molecule has 4 fully saturated rings. The van der Waals surface area contributed by atoms with E-state index < -0.39 is 0 Å². The summed E-state index contributed by atoms with van der Waals surface area (Å²) in [6, 6.07) is 11.6. The van der Waals surface area contributed by atoms with Gasteiger partial charge in [0, 0.05) is 77.3 Å². The van der Waals surface area contributed by atoms with Crippen molar-refractivity contribution >= 4 is 23.4 Å². The third-order valence-electron chi connectivity index (χ3n) is 13.2. The van der Waals surface area contributed by atoms with Crippen LogP contribution in [0.3, 0.4) is 0 Å². The van der Waals surface area contributed by atoms with Gasteiger partial charge in [0.1, 0.15) is 11.5 Å². The number of carbonyl (C=O) groups excluding carboxylic acids is 4. The fourth-order valence-corrected chi connectivity index (χ4v) is 9.27. The van der Waals surface area contributed by atoms with Crippen molar-refractivity contribution in [2.75, 3.05) is 106 Å². The Kier molecular flexibility index (Phi) is 17.9. The summed E-state index contributed by atoms with van der Waals surface area (Å²) in [5.74, 6) is 0.743. The highest BCUT2D eigenvalue weighted by Crippen LogP contribution is 2.26. The molecule has 2 amide bonds. The van der Waals surface area contributed by atoms with Crippen molar-refractivity contribution in [2.45, 2.75) is 76.7 Å². The summed E-state index contributed by atoms with van der Waals surface area (Å²) in [7, 11) is 3.21. The van der Waals surface area contributed by atoms with E-state index in [-0.39, 0.29) is 48.3 Å². The average Bonchev–Trinajstić information content (AvgIpc) is 3.27. The number of hydrogen-bond acceptors (Lipinski definition) is 13. The highest BCUT2D eigenvalue weighted by molar-refractivity contribution is 6.00. The lowest BCUT2D eigenvalue weighted by molar-refractivity contribution is -0.124. The minimum atomic E-state index is -0.207. The Morgan fingerprint density at radius 1 is 0.557 bits per heavy atom. The highest BCUT2D eigenvalue weighted by atomic mass is 16.5. The third kappa shape index (κ3) is 14.0. The molecule has 0 unspecified atom stereocenters. The van der Waals surface area contributed by atoms with Crippen LogP contribution in [0.5, 0.6) is 11.5 Å². The summed E-state index contributed by atoms with van der Waals surface area (Å²) < 4.78 is 17.8. The van der Waals surface area contributed by atoms with Gasteiger partial charge in [-0.2, -0.15) is 0 Å². The van der Waals surface area contributed by atoms with E-state index in [9.17, 15) is 19.2 Å². The number of benzene rings is 2. The fourth-order valence-electron chi connectivity index (χ4n) is 9.27. The van der Waals surface area contributed by atoms with Crippen molar-refractivity contribution in [3.63, 3.8) is 0 Å². The predicted octanol–water partition coefficient (Wildman–Crippen LogP) is 2.29. The number of likely N-dealkylation sites (tertiary alicyclic amines) is 4. The number of primary amides is 2. The summed E-state index contributed by atoms with van der Waals surface area (Å²) in [6.45, 7) is 12.6. The molecule has 0 aliphatic carbocycles. The Morgan fingerprint density at radius 3 is 1.26 bits per heavy atom. The number of hydrogen-bond donors (Lipinski definition) is 4. The molecule has 4 saturated heterocycles. The van der Waals surface area contributed by atoms with Crippen molar-refractivity contribution in [3.8, 4) is 11.5 Å². The molecule has 4 aliphatic rings. The largest absolute Gasteiger partial charge is 0.496 e. The first-order valence-electron chi connectivity index (χ1n) is 22.5. The lowest BCUT2D eigenvalue weighted by atomic mass is 9.96. The summed E-state index contributed by atoms with van der Waals surface area (Å²) in [5, 5.41) is 6.69. The summed E-state index contributed by atoms with van der Waals surface area (Å²) >= 11 is 0. The van der Waals surface area contributed by atoms with Crippen LogP contribution in [0.25, 0.3) is 0 Å². The van der Waals surface area contributed by atoms with Crippen LogP contribution in [-0.2, 0) is 27.4 Å². The van der Waals surface area contributed by atoms with Gasteiger partial charge in [0.2, 0.25) is 11.8 Å². The summed E-state index contributed by atoms with van der Waals surface area (Å²) in [6.07, 6.45) is 7.81. The second-order valence-electron chi connectivity index (χ2n) is 17.4. The summed E-state index contributed by atoms with van der Waals surface area (Å²) in [5.41, 5.74) is 14.3. The van der Waals surface area contributed by atoms with Gasteiger partial charge < -0.3 is 46.1 Å². The van der Waals surface area contributed by atoms with Crippen molar-refractivity contribution in [2.24, 2.45) is 23.3 Å². The van der Waals surface area contributed by atoms with Crippen LogP contribution >= 0.6 is 0 Å². The van der Waals surface area contributed by atoms with Gasteiger partial charge in [-0.15, -0.1) is 0 Å². The number of nitrogens with zero attached hydrogens (tertiary/aromatic N) is 4. The van der Waals surface area contributed by atoms with E-state index in [0.717, 1.165) is 154 Å². The molecule has 336 valence electrons. The number of piperidine rings is 4. The van der Waals surface area contributed by atoms with Crippen LogP contribution in [0.4, 0.5) is 0 Å². The number of amides is 2. The topological polar surface area (TPSA) is 185 Å². The number of rotatable bonds is 22. The van der Waals surface area contributed by atoms with Crippen LogP contribution < -0.4 is 31.6 Å². The summed E-state index contributed by atoms with van der Waals surface area (Å²) in [4.78, 5) is 58.7. The van der Waals surface area contributed by atoms with Gasteiger partial charge in [-0.3, -0.25) is 29.0 Å².